The van der Waals surface area contributed by atoms with Gasteiger partial charge in [-0.3, -0.25) is 0 Å². The van der Waals surface area contributed by atoms with Gasteiger partial charge < -0.3 is 23.4 Å². The van der Waals surface area contributed by atoms with Gasteiger partial charge in [0.2, 0.25) is 0 Å². The zero-order chi connectivity index (χ0) is 20.0. The van der Waals surface area contributed by atoms with E-state index in [1.807, 2.05) is 6.92 Å². The normalized spacial score (nSPS) is 10.5. The third-order valence-corrected chi connectivity index (χ3v) is 3.97. The van der Waals surface area contributed by atoms with Crippen LogP contribution in [0.25, 0.3) is 11.0 Å². The molecule has 0 saturated carbocycles. The summed E-state index contributed by atoms with van der Waals surface area (Å²) in [5.74, 6) is -0.606. The van der Waals surface area contributed by atoms with E-state index in [0.717, 1.165) is 6.42 Å². The first-order valence-corrected chi connectivity index (χ1v) is 8.40. The first kappa shape index (κ1) is 20.3. The summed E-state index contributed by atoms with van der Waals surface area (Å²) in [6.45, 7) is 3.11. The molecule has 2 aromatic rings. The smallest absolute Gasteiger partial charge is 0.343 e. The van der Waals surface area contributed by atoms with Gasteiger partial charge in [0.1, 0.15) is 17.1 Å². The van der Waals surface area contributed by atoms with Crippen LogP contribution >= 0.6 is 0 Å². The van der Waals surface area contributed by atoms with Crippen molar-refractivity contribution in [2.24, 2.45) is 0 Å². The van der Waals surface area contributed by atoms with E-state index in [1.54, 1.807) is 6.92 Å². The lowest BCUT2D eigenvalue weighted by Gasteiger charge is -2.14. The summed E-state index contributed by atoms with van der Waals surface area (Å²) >= 11 is 0. The van der Waals surface area contributed by atoms with E-state index < -0.39 is 17.6 Å². The molecule has 8 heteroatoms. The summed E-state index contributed by atoms with van der Waals surface area (Å²) in [4.78, 5) is 35.0. The van der Waals surface area contributed by atoms with Crippen molar-refractivity contribution in [1.29, 1.82) is 0 Å². The van der Waals surface area contributed by atoms with Crippen molar-refractivity contribution < 1.29 is 33.0 Å². The van der Waals surface area contributed by atoms with Gasteiger partial charge in [0, 0.05) is 17.7 Å². The third-order valence-electron chi connectivity index (χ3n) is 3.97. The molecule has 0 bridgehead atoms. The van der Waals surface area contributed by atoms with Gasteiger partial charge in [-0.25, -0.2) is 14.4 Å². The molecule has 0 spiro atoms. The molecule has 1 aromatic carbocycles. The molecule has 27 heavy (non-hydrogen) atoms. The molecule has 2 rings (SSSR count). The molecule has 0 unspecified atom stereocenters. The fraction of sp³-hybridized carbons (Fsp3) is 0.421. The van der Waals surface area contributed by atoms with Gasteiger partial charge in [-0.2, -0.15) is 0 Å². The number of benzene rings is 1. The van der Waals surface area contributed by atoms with Crippen LogP contribution in [0.15, 0.2) is 21.3 Å². The number of carbonyl (C=O) groups is 2. The van der Waals surface area contributed by atoms with Gasteiger partial charge >= 0.3 is 17.6 Å². The summed E-state index contributed by atoms with van der Waals surface area (Å²) in [5.41, 5.74) is 1.06. The highest BCUT2D eigenvalue weighted by molar-refractivity contribution is 5.89. The first-order valence-electron chi connectivity index (χ1n) is 8.40. The van der Waals surface area contributed by atoms with Crippen LogP contribution in [0.1, 0.15) is 24.5 Å². The fourth-order valence-corrected chi connectivity index (χ4v) is 2.61. The lowest BCUT2D eigenvalue weighted by molar-refractivity contribution is -0.143. The average molecular weight is 378 g/mol. The molecular weight excluding hydrogens is 356 g/mol. The van der Waals surface area contributed by atoms with Crippen molar-refractivity contribution in [1.82, 2.24) is 0 Å². The Bertz CT molecular complexity index is 897. The Morgan fingerprint density at radius 2 is 1.67 bits per heavy atom. The number of hydrogen-bond donors (Lipinski definition) is 0. The minimum Gasteiger partial charge on any atom is -0.482 e. The number of aryl methyl sites for hydroxylation is 1. The zero-order valence-electron chi connectivity index (χ0n) is 15.7. The maximum absolute atomic E-state index is 12.3. The van der Waals surface area contributed by atoms with Gasteiger partial charge in [-0.05, 0) is 18.9 Å². The molecule has 0 aliphatic rings. The second-order valence-corrected chi connectivity index (χ2v) is 5.77. The van der Waals surface area contributed by atoms with Crippen LogP contribution in [-0.4, -0.2) is 39.4 Å². The van der Waals surface area contributed by atoms with Crippen LogP contribution in [0.5, 0.6) is 11.5 Å². The molecule has 0 atom stereocenters. The molecule has 0 N–H and O–H groups in total. The van der Waals surface area contributed by atoms with Crippen LogP contribution in [-0.2, 0) is 25.5 Å². The molecule has 0 aliphatic heterocycles. The Morgan fingerprint density at radius 3 is 2.26 bits per heavy atom. The van der Waals surface area contributed by atoms with Crippen LogP contribution < -0.4 is 15.1 Å². The largest absolute Gasteiger partial charge is 0.482 e. The van der Waals surface area contributed by atoms with Crippen molar-refractivity contribution in [3.05, 3.63) is 33.7 Å². The van der Waals surface area contributed by atoms with Crippen molar-refractivity contribution in [2.75, 3.05) is 27.4 Å². The predicted octanol–water partition coefficient (Wildman–Crippen LogP) is 2.16. The number of fused-ring (bicyclic) bond motifs is 1. The first-order chi connectivity index (χ1) is 12.9. The maximum atomic E-state index is 12.3. The van der Waals surface area contributed by atoms with Gasteiger partial charge in [-0.15, -0.1) is 0 Å². The molecule has 1 heterocycles. The van der Waals surface area contributed by atoms with Crippen LogP contribution in [0.3, 0.4) is 0 Å². The Kier molecular flexibility index (Phi) is 6.81. The standard InChI is InChI=1S/C19H22O8/c1-5-6-13-11(2)18-14(26-10-17(21)24-4)7-12(25-9-16(20)23-3)8-15(18)27-19(13)22/h7-8H,5-6,9-10H2,1-4H3. The van der Waals surface area contributed by atoms with Gasteiger partial charge in [0.05, 0.1) is 19.6 Å². The van der Waals surface area contributed by atoms with Gasteiger partial charge in [0.15, 0.2) is 13.2 Å². The number of methoxy groups -OCH3 is 2. The monoisotopic (exact) mass is 378 g/mol. The van der Waals surface area contributed by atoms with Crippen LogP contribution in [0.4, 0.5) is 0 Å². The van der Waals surface area contributed by atoms with Crippen molar-refractivity contribution >= 4 is 22.9 Å². The maximum Gasteiger partial charge on any atom is 0.343 e. The molecule has 0 saturated heterocycles. The fourth-order valence-electron chi connectivity index (χ4n) is 2.61. The van der Waals surface area contributed by atoms with Crippen LogP contribution in [0.2, 0.25) is 0 Å². The SMILES string of the molecule is CCCc1c(C)c2c(OCC(=O)OC)cc(OCC(=O)OC)cc2oc1=O. The minimum atomic E-state index is -0.567. The number of ether oxygens (including phenoxy) is 4. The van der Waals surface area contributed by atoms with E-state index in [-0.39, 0.29) is 30.3 Å². The average Bonchev–Trinajstić information content (AvgIpc) is 2.66. The topological polar surface area (TPSA) is 101 Å². The predicted molar refractivity (Wildman–Crippen MR) is 96.2 cm³/mol. The van der Waals surface area contributed by atoms with Gasteiger partial charge in [-0.1, -0.05) is 13.3 Å². The lowest BCUT2D eigenvalue weighted by atomic mass is 10.0. The molecular formula is C19H22O8. The molecule has 0 amide bonds. The molecule has 146 valence electrons. The van der Waals surface area contributed by atoms with E-state index >= 15 is 0 Å². The summed E-state index contributed by atoms with van der Waals surface area (Å²) in [6, 6.07) is 3.02. The summed E-state index contributed by atoms with van der Waals surface area (Å²) in [7, 11) is 2.50. The number of rotatable bonds is 8. The third kappa shape index (κ3) is 4.78. The van der Waals surface area contributed by atoms with Crippen molar-refractivity contribution in [2.45, 2.75) is 26.7 Å². The van der Waals surface area contributed by atoms with E-state index in [1.165, 1.54) is 26.4 Å². The van der Waals surface area contributed by atoms with Crippen LogP contribution in [0, 0.1) is 6.92 Å². The number of hydrogen-bond acceptors (Lipinski definition) is 8. The van der Waals surface area contributed by atoms with E-state index in [9.17, 15) is 14.4 Å². The Hall–Kier alpha value is -3.03. The lowest BCUT2D eigenvalue weighted by Crippen LogP contribution is -2.15. The molecule has 0 aliphatic carbocycles. The van der Waals surface area contributed by atoms with Crippen molar-refractivity contribution in [3.63, 3.8) is 0 Å². The van der Waals surface area contributed by atoms with E-state index in [4.69, 9.17) is 13.9 Å². The highest BCUT2D eigenvalue weighted by atomic mass is 16.6. The summed E-state index contributed by atoms with van der Waals surface area (Å²) in [6.07, 6.45) is 1.33. The van der Waals surface area contributed by atoms with E-state index in [0.29, 0.717) is 22.9 Å². The Labute approximate surface area is 156 Å². The van der Waals surface area contributed by atoms with Gasteiger partial charge in [0.25, 0.3) is 0 Å². The summed E-state index contributed by atoms with van der Waals surface area (Å²) < 4.78 is 25.5. The second-order valence-electron chi connectivity index (χ2n) is 5.77. The highest BCUT2D eigenvalue weighted by Crippen LogP contribution is 2.34. The minimum absolute atomic E-state index is 0.235. The Balaban J connectivity index is 2.55. The van der Waals surface area contributed by atoms with Crippen molar-refractivity contribution in [3.8, 4) is 11.5 Å². The second kappa shape index (κ2) is 9.07. The zero-order valence-corrected chi connectivity index (χ0v) is 15.7. The highest BCUT2D eigenvalue weighted by Gasteiger charge is 2.18. The molecule has 1 aromatic heterocycles. The number of carbonyl (C=O) groups excluding carboxylic acids is 2. The number of esters is 2. The Morgan fingerprint density at radius 1 is 1.04 bits per heavy atom. The van der Waals surface area contributed by atoms with E-state index in [2.05, 4.69) is 9.47 Å². The molecule has 0 radical (unpaired) electrons. The quantitative estimate of drug-likeness (QED) is 0.509. The summed E-state index contributed by atoms with van der Waals surface area (Å²) in [5, 5.41) is 0.562. The molecule has 8 nitrogen and oxygen atoms in total. The molecule has 0 fully saturated rings.